The Morgan fingerprint density at radius 1 is 1.00 bits per heavy atom. The molecule has 2 atom stereocenters. The van der Waals surface area contributed by atoms with Crippen LogP contribution >= 0.6 is 12.6 Å². The number of hydrogen-bond acceptors (Lipinski definition) is 5. The second-order valence-electron chi connectivity index (χ2n) is 7.33. The van der Waals surface area contributed by atoms with Gasteiger partial charge >= 0.3 is 5.97 Å². The van der Waals surface area contributed by atoms with Crippen molar-refractivity contribution in [2.45, 2.75) is 22.6 Å². The van der Waals surface area contributed by atoms with E-state index in [2.05, 4.69) is 17.9 Å². The molecular formula is C22H20N2O5S2. The molecule has 0 aliphatic carbocycles. The van der Waals surface area contributed by atoms with Gasteiger partial charge in [0.05, 0.1) is 16.1 Å². The molecule has 0 aromatic heterocycles. The van der Waals surface area contributed by atoms with Gasteiger partial charge in [-0.15, -0.1) is 0 Å². The number of carbonyl (C=O) groups excluding carboxylic acids is 1. The number of anilines is 1. The second kappa shape index (κ2) is 8.33. The molecule has 9 heteroatoms. The highest BCUT2D eigenvalue weighted by molar-refractivity contribution is 7.89. The minimum absolute atomic E-state index is 0.0693. The summed E-state index contributed by atoms with van der Waals surface area (Å²) >= 11 is 4.41. The predicted molar refractivity (Wildman–Crippen MR) is 121 cm³/mol. The molecule has 1 aliphatic rings. The fourth-order valence-electron chi connectivity index (χ4n) is 3.75. The van der Waals surface area contributed by atoms with E-state index in [0.29, 0.717) is 0 Å². The van der Waals surface area contributed by atoms with Crippen LogP contribution in [0.25, 0.3) is 10.8 Å². The lowest BCUT2D eigenvalue weighted by Gasteiger charge is -2.23. The van der Waals surface area contributed by atoms with Crippen LogP contribution in [0.1, 0.15) is 16.8 Å². The van der Waals surface area contributed by atoms with Crippen molar-refractivity contribution in [3.05, 3.63) is 72.3 Å². The van der Waals surface area contributed by atoms with Gasteiger partial charge in [-0.05, 0) is 41.5 Å². The highest BCUT2D eigenvalue weighted by atomic mass is 32.2. The first-order valence-corrected chi connectivity index (χ1v) is 11.5. The first-order chi connectivity index (χ1) is 14.8. The lowest BCUT2D eigenvalue weighted by Crippen LogP contribution is -2.43. The number of hydrogen-bond donors (Lipinski definition) is 3. The lowest BCUT2D eigenvalue weighted by molar-refractivity contribution is -0.119. The number of fused-ring (bicyclic) bond motifs is 1. The van der Waals surface area contributed by atoms with Gasteiger partial charge in [0.25, 0.3) is 0 Å². The molecule has 0 spiro atoms. The Balaban J connectivity index is 1.65. The van der Waals surface area contributed by atoms with Crippen LogP contribution in [0.3, 0.4) is 0 Å². The third-order valence-electron chi connectivity index (χ3n) is 5.28. The second-order valence-corrected chi connectivity index (χ2v) is 9.95. The molecule has 2 N–H and O–H groups in total. The summed E-state index contributed by atoms with van der Waals surface area (Å²) in [6.45, 7) is 0.0803. The number of benzene rings is 3. The van der Waals surface area contributed by atoms with Crippen molar-refractivity contribution in [1.82, 2.24) is 4.31 Å². The van der Waals surface area contributed by atoms with Crippen LogP contribution in [0.15, 0.2) is 71.6 Å². The monoisotopic (exact) mass is 456 g/mol. The standard InChI is InChI=1S/C22H20N2O5S2/c25-21(23-19-8-4-3-7-18(19)22(26)27)20-12-16(30)13-24(20)31(28,29)17-10-9-14-5-1-2-6-15(14)11-17/h1-11,16,20,30H,12-13H2,(H,23,25)(H,26,27). The number of rotatable bonds is 5. The van der Waals surface area contributed by atoms with E-state index < -0.39 is 27.9 Å². The number of carbonyl (C=O) groups is 2. The largest absolute Gasteiger partial charge is 0.478 e. The normalized spacial score (nSPS) is 19.4. The van der Waals surface area contributed by atoms with Gasteiger partial charge in [0.2, 0.25) is 15.9 Å². The summed E-state index contributed by atoms with van der Waals surface area (Å²) in [5, 5.41) is 13.3. The molecule has 1 fully saturated rings. The minimum Gasteiger partial charge on any atom is -0.478 e. The summed E-state index contributed by atoms with van der Waals surface area (Å²) < 4.78 is 27.9. The van der Waals surface area contributed by atoms with Crippen LogP contribution < -0.4 is 5.32 Å². The zero-order valence-electron chi connectivity index (χ0n) is 16.3. The number of aromatic carboxylic acids is 1. The molecule has 0 bridgehead atoms. The molecule has 160 valence electrons. The number of para-hydroxylation sites is 1. The Labute approximate surface area is 185 Å². The number of carboxylic acids is 1. The quantitative estimate of drug-likeness (QED) is 0.512. The van der Waals surface area contributed by atoms with Crippen LogP contribution in [0.5, 0.6) is 0 Å². The molecule has 7 nitrogen and oxygen atoms in total. The number of amides is 1. The van der Waals surface area contributed by atoms with Crippen molar-refractivity contribution in [3.8, 4) is 0 Å². The average Bonchev–Trinajstić information content (AvgIpc) is 3.16. The minimum atomic E-state index is -3.97. The van der Waals surface area contributed by atoms with E-state index in [0.717, 1.165) is 15.1 Å². The first-order valence-electron chi connectivity index (χ1n) is 9.59. The molecule has 0 saturated carbocycles. The predicted octanol–water partition coefficient (Wildman–Crippen LogP) is 3.24. The highest BCUT2D eigenvalue weighted by Gasteiger charge is 2.43. The van der Waals surface area contributed by atoms with Crippen molar-refractivity contribution < 1.29 is 23.1 Å². The SMILES string of the molecule is O=C(O)c1ccccc1NC(=O)C1CC(S)CN1S(=O)(=O)c1ccc2ccccc2c1. The molecule has 31 heavy (non-hydrogen) atoms. The lowest BCUT2D eigenvalue weighted by atomic mass is 10.1. The summed E-state index contributed by atoms with van der Waals surface area (Å²) in [6.07, 6.45) is 0.219. The van der Waals surface area contributed by atoms with Crippen LogP contribution in [0.4, 0.5) is 5.69 Å². The molecule has 4 rings (SSSR count). The number of sulfonamides is 1. The maximum Gasteiger partial charge on any atom is 0.337 e. The maximum atomic E-state index is 13.4. The third-order valence-corrected chi connectivity index (χ3v) is 7.52. The number of carboxylic acid groups (broad SMARTS) is 1. The van der Waals surface area contributed by atoms with E-state index in [4.69, 9.17) is 0 Å². The number of thiol groups is 1. The smallest absolute Gasteiger partial charge is 0.337 e. The zero-order valence-corrected chi connectivity index (χ0v) is 18.0. The third kappa shape index (κ3) is 4.16. The van der Waals surface area contributed by atoms with Gasteiger partial charge in [0.15, 0.2) is 0 Å². The van der Waals surface area contributed by atoms with Crippen LogP contribution in [-0.4, -0.2) is 47.5 Å². The van der Waals surface area contributed by atoms with Crippen LogP contribution in [-0.2, 0) is 14.8 Å². The van der Waals surface area contributed by atoms with Crippen molar-refractivity contribution in [2.75, 3.05) is 11.9 Å². The maximum absolute atomic E-state index is 13.4. The van der Waals surface area contributed by atoms with E-state index in [1.165, 1.54) is 18.2 Å². The fraction of sp³-hybridized carbons (Fsp3) is 0.182. The van der Waals surface area contributed by atoms with Crippen LogP contribution in [0.2, 0.25) is 0 Å². The van der Waals surface area contributed by atoms with Crippen molar-refractivity contribution in [1.29, 1.82) is 0 Å². The Morgan fingerprint density at radius 3 is 2.42 bits per heavy atom. The summed E-state index contributed by atoms with van der Waals surface area (Å²) in [4.78, 5) is 24.5. The molecule has 1 saturated heterocycles. The van der Waals surface area contributed by atoms with Crippen molar-refractivity contribution >= 4 is 51.0 Å². The summed E-state index contributed by atoms with van der Waals surface area (Å²) in [5.41, 5.74) is 0.0471. The summed E-state index contributed by atoms with van der Waals surface area (Å²) in [5.74, 6) is -1.77. The molecule has 3 aromatic carbocycles. The van der Waals surface area contributed by atoms with Gasteiger partial charge in [-0.25, -0.2) is 13.2 Å². The van der Waals surface area contributed by atoms with E-state index in [-0.39, 0.29) is 34.4 Å². The average molecular weight is 457 g/mol. The van der Waals surface area contributed by atoms with E-state index >= 15 is 0 Å². The Morgan fingerprint density at radius 2 is 1.68 bits per heavy atom. The molecular weight excluding hydrogens is 436 g/mol. The summed E-state index contributed by atoms with van der Waals surface area (Å²) in [6, 6.07) is 17.3. The highest BCUT2D eigenvalue weighted by Crippen LogP contribution is 2.31. The number of nitrogens with zero attached hydrogens (tertiary/aromatic N) is 1. The molecule has 3 aromatic rings. The number of nitrogens with one attached hydrogen (secondary N) is 1. The molecule has 1 aliphatic heterocycles. The summed E-state index contributed by atoms with van der Waals surface area (Å²) in [7, 11) is -3.97. The molecule has 1 amide bonds. The Hall–Kier alpha value is -2.88. The zero-order chi connectivity index (χ0) is 22.2. The molecule has 2 unspecified atom stereocenters. The molecule has 0 radical (unpaired) electrons. The fourth-order valence-corrected chi connectivity index (χ4v) is 5.91. The van der Waals surface area contributed by atoms with E-state index in [1.807, 2.05) is 24.3 Å². The van der Waals surface area contributed by atoms with E-state index in [1.54, 1.807) is 24.3 Å². The van der Waals surface area contributed by atoms with Gasteiger partial charge in [0.1, 0.15) is 6.04 Å². The Bertz CT molecular complexity index is 1280. The van der Waals surface area contributed by atoms with Crippen molar-refractivity contribution in [3.63, 3.8) is 0 Å². The Kier molecular flexibility index (Phi) is 5.74. The molecule has 1 heterocycles. The van der Waals surface area contributed by atoms with Gasteiger partial charge in [-0.1, -0.05) is 42.5 Å². The van der Waals surface area contributed by atoms with Gasteiger partial charge in [0, 0.05) is 11.8 Å². The van der Waals surface area contributed by atoms with Crippen molar-refractivity contribution in [2.24, 2.45) is 0 Å². The van der Waals surface area contributed by atoms with E-state index in [9.17, 15) is 23.1 Å². The van der Waals surface area contributed by atoms with Gasteiger partial charge in [-0.2, -0.15) is 16.9 Å². The van der Waals surface area contributed by atoms with Crippen LogP contribution in [0, 0.1) is 0 Å². The first kappa shape index (κ1) is 21.4. The topological polar surface area (TPSA) is 104 Å². The van der Waals surface area contributed by atoms with Gasteiger partial charge < -0.3 is 10.4 Å². The van der Waals surface area contributed by atoms with Gasteiger partial charge in [-0.3, -0.25) is 4.79 Å².